The number of pyridine rings is 1. The molecule has 0 saturated carbocycles. The van der Waals surface area contributed by atoms with Crippen molar-refractivity contribution >= 4 is 11.6 Å². The largest absolute Gasteiger partial charge is 0.506 e. The molecule has 0 bridgehead atoms. The van der Waals surface area contributed by atoms with Crippen molar-refractivity contribution in [2.75, 3.05) is 38.1 Å². The normalized spacial score (nSPS) is 14.3. The second-order valence-electron chi connectivity index (χ2n) is 7.64. The fourth-order valence-corrected chi connectivity index (χ4v) is 3.77. The van der Waals surface area contributed by atoms with Gasteiger partial charge in [-0.05, 0) is 29.3 Å². The van der Waals surface area contributed by atoms with Crippen molar-refractivity contribution in [1.29, 1.82) is 0 Å². The first-order valence-electron chi connectivity index (χ1n) is 10.8. The molecule has 2 aromatic carbocycles. The lowest BCUT2D eigenvalue weighted by molar-refractivity contribution is 0.293. The molecule has 0 aliphatic carbocycles. The van der Waals surface area contributed by atoms with Gasteiger partial charge in [0.2, 0.25) is 5.88 Å². The van der Waals surface area contributed by atoms with Crippen molar-refractivity contribution in [3.05, 3.63) is 84.1 Å². The van der Waals surface area contributed by atoms with Crippen molar-refractivity contribution < 1.29 is 9.84 Å². The number of guanidine groups is 1. The number of hydrogen-bond donors (Lipinski definition) is 2. The lowest BCUT2D eigenvalue weighted by Crippen LogP contribution is -2.52. The number of nitrogens with zero attached hydrogens (tertiary/aromatic N) is 4. The van der Waals surface area contributed by atoms with Gasteiger partial charge in [-0.3, -0.25) is 4.99 Å². The Hall–Kier alpha value is -3.74. The Labute approximate surface area is 189 Å². The van der Waals surface area contributed by atoms with Crippen LogP contribution in [-0.2, 0) is 13.2 Å². The minimum Gasteiger partial charge on any atom is -0.506 e. The molecule has 1 aliphatic rings. The van der Waals surface area contributed by atoms with Crippen molar-refractivity contribution in [1.82, 2.24) is 15.2 Å². The smallest absolute Gasteiger partial charge is 0.213 e. The molecule has 1 saturated heterocycles. The third-order valence-electron chi connectivity index (χ3n) is 5.49. The summed E-state index contributed by atoms with van der Waals surface area (Å²) in [4.78, 5) is 13.2. The lowest BCUT2D eigenvalue weighted by atomic mass is 10.2. The summed E-state index contributed by atoms with van der Waals surface area (Å²) in [5, 5.41) is 13.6. The highest BCUT2D eigenvalue weighted by Crippen LogP contribution is 2.27. The van der Waals surface area contributed by atoms with Crippen molar-refractivity contribution in [2.24, 2.45) is 4.99 Å². The quantitative estimate of drug-likeness (QED) is 0.461. The number of ether oxygens (including phenoxy) is 1. The van der Waals surface area contributed by atoms with Crippen LogP contribution in [0, 0.1) is 0 Å². The molecular formula is C25H29N5O2. The highest BCUT2D eigenvalue weighted by Gasteiger charge is 2.21. The molecule has 3 aromatic rings. The van der Waals surface area contributed by atoms with Crippen LogP contribution in [0.15, 0.2) is 77.9 Å². The van der Waals surface area contributed by atoms with Crippen LogP contribution in [0.3, 0.4) is 0 Å². The molecule has 0 amide bonds. The summed E-state index contributed by atoms with van der Waals surface area (Å²) < 4.78 is 5.84. The maximum atomic E-state index is 10.1. The molecule has 1 aromatic heterocycles. The summed E-state index contributed by atoms with van der Waals surface area (Å²) in [5.74, 6) is 1.80. The zero-order valence-corrected chi connectivity index (χ0v) is 18.3. The number of aromatic nitrogens is 1. The second-order valence-corrected chi connectivity index (χ2v) is 7.64. The molecule has 1 fully saturated rings. The van der Waals surface area contributed by atoms with Crippen LogP contribution in [0.4, 0.5) is 5.69 Å². The van der Waals surface area contributed by atoms with E-state index < -0.39 is 0 Å². The second kappa shape index (κ2) is 10.5. The molecule has 4 rings (SSSR count). The maximum absolute atomic E-state index is 10.1. The number of para-hydroxylation sites is 2. The summed E-state index contributed by atoms with van der Waals surface area (Å²) in [7, 11) is 1.80. The third-order valence-corrected chi connectivity index (χ3v) is 5.49. The van der Waals surface area contributed by atoms with Gasteiger partial charge in [-0.25, -0.2) is 4.98 Å². The number of nitrogens with one attached hydrogen (secondary N) is 1. The molecule has 0 radical (unpaired) electrons. The van der Waals surface area contributed by atoms with Gasteiger partial charge in [0.25, 0.3) is 0 Å². The molecule has 0 unspecified atom stereocenters. The standard InChI is InChI=1S/C25H29N5O2/c1-26-25(30-15-13-29(14-16-30)22-9-5-6-10-23(22)31)28-18-21-11-12-27-24(17-21)32-19-20-7-3-2-4-8-20/h2-12,17,31H,13-16,18-19H2,1H3,(H,26,28). The van der Waals surface area contributed by atoms with Crippen molar-refractivity contribution in [2.45, 2.75) is 13.2 Å². The molecule has 7 nitrogen and oxygen atoms in total. The first kappa shape index (κ1) is 21.5. The number of phenols is 1. The molecule has 32 heavy (non-hydrogen) atoms. The van der Waals surface area contributed by atoms with Crippen LogP contribution < -0.4 is 15.0 Å². The molecule has 1 aliphatic heterocycles. The van der Waals surface area contributed by atoms with Crippen LogP contribution in [0.2, 0.25) is 0 Å². The van der Waals surface area contributed by atoms with Crippen molar-refractivity contribution in [3.8, 4) is 11.6 Å². The molecule has 7 heteroatoms. The first-order chi connectivity index (χ1) is 15.7. The van der Waals surface area contributed by atoms with Gasteiger partial charge in [-0.15, -0.1) is 0 Å². The highest BCUT2D eigenvalue weighted by atomic mass is 16.5. The number of hydrogen-bond acceptors (Lipinski definition) is 5. The molecule has 0 spiro atoms. The van der Waals surface area contributed by atoms with E-state index in [-0.39, 0.29) is 0 Å². The van der Waals surface area contributed by atoms with Gasteiger partial charge in [0.15, 0.2) is 5.96 Å². The van der Waals surface area contributed by atoms with E-state index in [1.807, 2.05) is 60.7 Å². The van der Waals surface area contributed by atoms with Gasteiger partial charge in [0, 0.05) is 52.0 Å². The van der Waals surface area contributed by atoms with E-state index in [1.165, 1.54) is 0 Å². The average Bonchev–Trinajstić information content (AvgIpc) is 2.85. The molecular weight excluding hydrogens is 402 g/mol. The number of rotatable bonds is 6. The molecule has 0 atom stereocenters. The molecule has 166 valence electrons. The topological polar surface area (TPSA) is 73.2 Å². The first-order valence-corrected chi connectivity index (χ1v) is 10.8. The van der Waals surface area contributed by atoms with Gasteiger partial charge >= 0.3 is 0 Å². The van der Waals surface area contributed by atoms with Crippen LogP contribution in [0.1, 0.15) is 11.1 Å². The predicted molar refractivity (Wildman–Crippen MR) is 127 cm³/mol. The minimum atomic E-state index is 0.325. The Bertz CT molecular complexity index is 1030. The highest BCUT2D eigenvalue weighted by molar-refractivity contribution is 5.80. The number of aliphatic imine (C=N–C) groups is 1. The van der Waals surface area contributed by atoms with E-state index >= 15 is 0 Å². The number of piperazine rings is 1. The van der Waals surface area contributed by atoms with Crippen LogP contribution >= 0.6 is 0 Å². The molecule has 2 heterocycles. The van der Waals surface area contributed by atoms with E-state index in [0.29, 0.717) is 24.8 Å². The Kier molecular flexibility index (Phi) is 7.07. The summed E-state index contributed by atoms with van der Waals surface area (Å²) in [6, 6.07) is 21.5. The van der Waals surface area contributed by atoms with E-state index in [9.17, 15) is 5.11 Å². The van der Waals surface area contributed by atoms with Gasteiger partial charge < -0.3 is 25.0 Å². The summed E-state index contributed by atoms with van der Waals surface area (Å²) in [6.07, 6.45) is 1.77. The number of benzene rings is 2. The Morgan fingerprint density at radius 3 is 2.50 bits per heavy atom. The van der Waals surface area contributed by atoms with Crippen LogP contribution in [0.25, 0.3) is 0 Å². The number of anilines is 1. The fourth-order valence-electron chi connectivity index (χ4n) is 3.77. The number of aromatic hydroxyl groups is 1. The van der Waals surface area contributed by atoms with E-state index in [4.69, 9.17) is 4.74 Å². The summed E-state index contributed by atoms with van der Waals surface area (Å²) in [6.45, 7) is 4.44. The predicted octanol–water partition coefficient (Wildman–Crippen LogP) is 3.26. The fraction of sp³-hybridized carbons (Fsp3) is 0.280. The van der Waals surface area contributed by atoms with E-state index in [2.05, 4.69) is 25.1 Å². The third kappa shape index (κ3) is 5.49. The monoisotopic (exact) mass is 431 g/mol. The number of phenolic OH excluding ortho intramolecular Hbond substituents is 1. The van der Waals surface area contributed by atoms with E-state index in [0.717, 1.165) is 49.0 Å². The Morgan fingerprint density at radius 2 is 1.75 bits per heavy atom. The van der Waals surface area contributed by atoms with Crippen LogP contribution in [-0.4, -0.2) is 54.2 Å². The van der Waals surface area contributed by atoms with Crippen LogP contribution in [0.5, 0.6) is 11.6 Å². The van der Waals surface area contributed by atoms with Gasteiger partial charge in [-0.2, -0.15) is 0 Å². The van der Waals surface area contributed by atoms with Crippen molar-refractivity contribution in [3.63, 3.8) is 0 Å². The Morgan fingerprint density at radius 1 is 1.00 bits per heavy atom. The van der Waals surface area contributed by atoms with Gasteiger partial charge in [-0.1, -0.05) is 42.5 Å². The SMILES string of the molecule is CN=C(NCc1ccnc(OCc2ccccc2)c1)N1CCN(c2ccccc2O)CC1. The maximum Gasteiger partial charge on any atom is 0.213 e. The molecule has 2 N–H and O–H groups in total. The average molecular weight is 432 g/mol. The summed E-state index contributed by atoms with van der Waals surface area (Å²) >= 11 is 0. The van der Waals surface area contributed by atoms with E-state index in [1.54, 1.807) is 19.3 Å². The van der Waals surface area contributed by atoms with Gasteiger partial charge in [0.1, 0.15) is 12.4 Å². The summed E-state index contributed by atoms with van der Waals surface area (Å²) in [5.41, 5.74) is 3.08. The Balaban J connectivity index is 1.29. The minimum absolute atomic E-state index is 0.325. The lowest BCUT2D eigenvalue weighted by Gasteiger charge is -2.37. The zero-order chi connectivity index (χ0) is 22.2. The zero-order valence-electron chi connectivity index (χ0n) is 18.3. The van der Waals surface area contributed by atoms with Gasteiger partial charge in [0.05, 0.1) is 5.69 Å².